The van der Waals surface area contributed by atoms with E-state index in [4.69, 9.17) is 17.3 Å². The second-order valence-electron chi connectivity index (χ2n) is 4.88. The highest BCUT2D eigenvalue weighted by molar-refractivity contribution is 6.31. The Bertz CT molecular complexity index is 610. The highest BCUT2D eigenvalue weighted by Gasteiger charge is 2.14. The van der Waals surface area contributed by atoms with Crippen molar-refractivity contribution < 1.29 is 4.39 Å². The van der Waals surface area contributed by atoms with Crippen LogP contribution in [0.5, 0.6) is 0 Å². The summed E-state index contributed by atoms with van der Waals surface area (Å²) < 4.78 is 13.1. The van der Waals surface area contributed by atoms with Gasteiger partial charge in [-0.2, -0.15) is 0 Å². The van der Waals surface area contributed by atoms with Crippen LogP contribution >= 0.6 is 11.6 Å². The van der Waals surface area contributed by atoms with Crippen molar-refractivity contribution in [2.75, 3.05) is 0 Å². The number of hydrogen-bond donors (Lipinski definition) is 1. The third-order valence-corrected chi connectivity index (χ3v) is 3.98. The van der Waals surface area contributed by atoms with Crippen molar-refractivity contribution >= 4 is 11.6 Å². The summed E-state index contributed by atoms with van der Waals surface area (Å²) in [7, 11) is 0. The fourth-order valence-corrected chi connectivity index (χ4v) is 2.73. The Morgan fingerprint density at radius 1 is 1.05 bits per heavy atom. The van der Waals surface area contributed by atoms with Crippen molar-refractivity contribution in [1.82, 2.24) is 0 Å². The largest absolute Gasteiger partial charge is 0.320 e. The molecule has 1 nitrogen and oxygen atoms in total. The molecule has 2 rings (SSSR count). The molecule has 0 aromatic heterocycles. The number of benzene rings is 2. The lowest BCUT2D eigenvalue weighted by molar-refractivity contribution is 0.626. The van der Waals surface area contributed by atoms with Gasteiger partial charge < -0.3 is 5.73 Å². The van der Waals surface area contributed by atoms with Crippen LogP contribution in [0.2, 0.25) is 5.02 Å². The van der Waals surface area contributed by atoms with Crippen molar-refractivity contribution in [2.24, 2.45) is 5.73 Å². The normalized spacial score (nSPS) is 12.4. The molecule has 2 N–H and O–H groups in total. The van der Waals surface area contributed by atoms with Gasteiger partial charge in [-0.3, -0.25) is 0 Å². The van der Waals surface area contributed by atoms with Gasteiger partial charge >= 0.3 is 0 Å². The third-order valence-electron chi connectivity index (χ3n) is 3.65. The smallest absolute Gasteiger partial charge is 0.124 e. The van der Waals surface area contributed by atoms with Crippen LogP contribution in [0.1, 0.15) is 42.1 Å². The standard InChI is InChI=1S/C17H19ClFN/c1-3-11-5-6-13(9-12(11)4-2)17(20)15-8-7-14(19)10-16(15)18/h5-10,17H,3-4,20H2,1-2H3. The molecule has 0 spiro atoms. The van der Waals surface area contributed by atoms with Crippen molar-refractivity contribution in [3.05, 3.63) is 69.5 Å². The molecule has 106 valence electrons. The van der Waals surface area contributed by atoms with E-state index in [-0.39, 0.29) is 11.9 Å². The van der Waals surface area contributed by atoms with Gasteiger partial charge in [0.1, 0.15) is 5.82 Å². The minimum absolute atomic E-state index is 0.334. The predicted molar refractivity (Wildman–Crippen MR) is 82.6 cm³/mol. The number of nitrogens with two attached hydrogens (primary N) is 1. The van der Waals surface area contributed by atoms with Gasteiger partial charge in [-0.1, -0.05) is 49.7 Å². The van der Waals surface area contributed by atoms with Gasteiger partial charge in [0, 0.05) is 5.02 Å². The molecule has 1 atom stereocenters. The van der Waals surface area contributed by atoms with Crippen LogP contribution in [-0.2, 0) is 12.8 Å². The lowest BCUT2D eigenvalue weighted by Crippen LogP contribution is -2.13. The monoisotopic (exact) mass is 291 g/mol. The van der Waals surface area contributed by atoms with Crippen LogP contribution in [0, 0.1) is 5.82 Å². The van der Waals surface area contributed by atoms with E-state index in [2.05, 4.69) is 26.0 Å². The lowest BCUT2D eigenvalue weighted by atomic mass is 9.94. The SMILES string of the molecule is CCc1ccc(C(N)c2ccc(F)cc2Cl)cc1CC. The van der Waals surface area contributed by atoms with Gasteiger partial charge in [-0.15, -0.1) is 0 Å². The summed E-state index contributed by atoms with van der Waals surface area (Å²) in [6.07, 6.45) is 1.98. The number of aryl methyl sites for hydroxylation is 2. The maximum absolute atomic E-state index is 13.1. The first-order chi connectivity index (χ1) is 9.56. The van der Waals surface area contributed by atoms with Gasteiger partial charge in [0.15, 0.2) is 0 Å². The molecule has 0 saturated carbocycles. The second-order valence-corrected chi connectivity index (χ2v) is 5.29. The van der Waals surface area contributed by atoms with Gasteiger partial charge in [0.25, 0.3) is 0 Å². The lowest BCUT2D eigenvalue weighted by Gasteiger charge is -2.17. The zero-order chi connectivity index (χ0) is 14.7. The molecule has 0 aliphatic carbocycles. The molecule has 0 heterocycles. The average Bonchev–Trinajstić information content (AvgIpc) is 2.45. The average molecular weight is 292 g/mol. The van der Waals surface area contributed by atoms with E-state index in [9.17, 15) is 4.39 Å². The summed E-state index contributed by atoms with van der Waals surface area (Å²) in [5.41, 5.74) is 10.7. The molecular formula is C17H19ClFN. The van der Waals surface area contributed by atoms with Crippen LogP contribution < -0.4 is 5.73 Å². The van der Waals surface area contributed by atoms with E-state index < -0.39 is 0 Å². The summed E-state index contributed by atoms with van der Waals surface area (Å²) >= 11 is 6.09. The van der Waals surface area contributed by atoms with Gasteiger partial charge in [-0.05, 0) is 47.2 Å². The molecule has 1 unspecified atom stereocenters. The molecule has 0 amide bonds. The molecule has 0 bridgehead atoms. The van der Waals surface area contributed by atoms with E-state index in [0.717, 1.165) is 24.0 Å². The highest BCUT2D eigenvalue weighted by atomic mass is 35.5. The molecule has 0 aliphatic heterocycles. The summed E-state index contributed by atoms with van der Waals surface area (Å²) in [6, 6.07) is 10.3. The van der Waals surface area contributed by atoms with Crippen LogP contribution in [0.25, 0.3) is 0 Å². The molecule has 0 saturated heterocycles. The Morgan fingerprint density at radius 2 is 1.75 bits per heavy atom. The minimum Gasteiger partial charge on any atom is -0.320 e. The molecule has 2 aromatic rings. The third kappa shape index (κ3) is 3.02. The zero-order valence-corrected chi connectivity index (χ0v) is 12.5. The molecule has 3 heteroatoms. The van der Waals surface area contributed by atoms with Gasteiger partial charge in [0.05, 0.1) is 6.04 Å². The Hall–Kier alpha value is -1.38. The van der Waals surface area contributed by atoms with Crippen molar-refractivity contribution in [3.63, 3.8) is 0 Å². The van der Waals surface area contributed by atoms with Crippen LogP contribution in [0.3, 0.4) is 0 Å². The highest BCUT2D eigenvalue weighted by Crippen LogP contribution is 2.28. The van der Waals surface area contributed by atoms with E-state index in [1.54, 1.807) is 6.07 Å². The quantitative estimate of drug-likeness (QED) is 0.871. The first-order valence-corrected chi connectivity index (χ1v) is 7.26. The van der Waals surface area contributed by atoms with Crippen molar-refractivity contribution in [1.29, 1.82) is 0 Å². The molecule has 20 heavy (non-hydrogen) atoms. The zero-order valence-electron chi connectivity index (χ0n) is 11.8. The topological polar surface area (TPSA) is 26.0 Å². The summed E-state index contributed by atoms with van der Waals surface area (Å²) in [4.78, 5) is 0. The summed E-state index contributed by atoms with van der Waals surface area (Å²) in [6.45, 7) is 4.28. The molecule has 0 fully saturated rings. The summed E-state index contributed by atoms with van der Waals surface area (Å²) in [5.74, 6) is -0.346. The number of rotatable bonds is 4. The molecule has 0 radical (unpaired) electrons. The fourth-order valence-electron chi connectivity index (χ4n) is 2.45. The predicted octanol–water partition coefficient (Wildman–Crippen LogP) is 4.65. The first kappa shape index (κ1) is 15.0. The van der Waals surface area contributed by atoms with Crippen molar-refractivity contribution in [3.8, 4) is 0 Å². The van der Waals surface area contributed by atoms with Crippen LogP contribution in [0.15, 0.2) is 36.4 Å². The Labute approximate surface area is 124 Å². The van der Waals surface area contributed by atoms with E-state index in [1.165, 1.54) is 23.3 Å². The number of halogens is 2. The molecule has 2 aromatic carbocycles. The Morgan fingerprint density at radius 3 is 2.35 bits per heavy atom. The maximum atomic E-state index is 13.1. The first-order valence-electron chi connectivity index (χ1n) is 6.89. The van der Waals surface area contributed by atoms with Gasteiger partial charge in [0.2, 0.25) is 0 Å². The second kappa shape index (κ2) is 6.38. The maximum Gasteiger partial charge on any atom is 0.124 e. The Balaban J connectivity index is 2.40. The van der Waals surface area contributed by atoms with Crippen LogP contribution in [0.4, 0.5) is 4.39 Å². The summed E-state index contributed by atoms with van der Waals surface area (Å²) in [5, 5.41) is 0.370. The molecular weight excluding hydrogens is 273 g/mol. The van der Waals surface area contributed by atoms with E-state index in [0.29, 0.717) is 5.02 Å². The Kier molecular flexibility index (Phi) is 4.79. The fraction of sp³-hybridized carbons (Fsp3) is 0.294. The van der Waals surface area contributed by atoms with Gasteiger partial charge in [-0.25, -0.2) is 4.39 Å². The molecule has 0 aliphatic rings. The minimum atomic E-state index is -0.346. The van der Waals surface area contributed by atoms with Crippen LogP contribution in [-0.4, -0.2) is 0 Å². The number of hydrogen-bond acceptors (Lipinski definition) is 1. The van der Waals surface area contributed by atoms with E-state index >= 15 is 0 Å². The van der Waals surface area contributed by atoms with Crippen molar-refractivity contribution in [2.45, 2.75) is 32.7 Å². The van der Waals surface area contributed by atoms with E-state index in [1.807, 2.05) is 6.07 Å².